The molecule has 0 unspecified atom stereocenters. The van der Waals surface area contributed by atoms with Gasteiger partial charge in [-0.3, -0.25) is 9.29 Å². The minimum atomic E-state index is -3.80. The SMILES string of the molecule is CN(c1ccc(C(=O)O)cc1N)S(=O)(=O)c1cccnc1. The molecule has 0 saturated heterocycles. The summed E-state index contributed by atoms with van der Waals surface area (Å²) in [6.45, 7) is 0. The number of hydrogen-bond acceptors (Lipinski definition) is 5. The Morgan fingerprint density at radius 2 is 2.05 bits per heavy atom. The summed E-state index contributed by atoms with van der Waals surface area (Å²) in [5.74, 6) is -1.13. The number of aromatic carboxylic acids is 1. The van der Waals surface area contributed by atoms with Crippen LogP contribution in [0.3, 0.4) is 0 Å². The number of nitrogen functional groups attached to an aromatic ring is 1. The predicted octanol–water partition coefficient (Wildman–Crippen LogP) is 1.19. The van der Waals surface area contributed by atoms with E-state index in [-0.39, 0.29) is 21.8 Å². The molecule has 1 heterocycles. The van der Waals surface area contributed by atoms with E-state index < -0.39 is 16.0 Å². The van der Waals surface area contributed by atoms with Crippen LogP contribution in [-0.2, 0) is 10.0 Å². The van der Waals surface area contributed by atoms with Crippen molar-refractivity contribution >= 4 is 27.4 Å². The van der Waals surface area contributed by atoms with Crippen LogP contribution in [-0.4, -0.2) is 31.5 Å². The monoisotopic (exact) mass is 307 g/mol. The van der Waals surface area contributed by atoms with E-state index in [1.807, 2.05) is 0 Å². The Hall–Kier alpha value is -2.61. The fourth-order valence-corrected chi connectivity index (χ4v) is 2.95. The molecule has 110 valence electrons. The second-order valence-corrected chi connectivity index (χ2v) is 6.21. The molecule has 3 N–H and O–H groups in total. The third-order valence-electron chi connectivity index (χ3n) is 2.91. The van der Waals surface area contributed by atoms with Crippen LogP contribution in [0.5, 0.6) is 0 Å². The van der Waals surface area contributed by atoms with Gasteiger partial charge in [-0.2, -0.15) is 0 Å². The fourth-order valence-electron chi connectivity index (χ4n) is 1.76. The van der Waals surface area contributed by atoms with E-state index in [1.54, 1.807) is 0 Å². The maximum Gasteiger partial charge on any atom is 0.335 e. The average molecular weight is 307 g/mol. The summed E-state index contributed by atoms with van der Waals surface area (Å²) >= 11 is 0. The minimum Gasteiger partial charge on any atom is -0.478 e. The van der Waals surface area contributed by atoms with Gasteiger partial charge < -0.3 is 10.8 Å². The largest absolute Gasteiger partial charge is 0.478 e. The first kappa shape index (κ1) is 14.8. The number of hydrogen-bond donors (Lipinski definition) is 2. The zero-order valence-electron chi connectivity index (χ0n) is 11.1. The van der Waals surface area contributed by atoms with Crippen LogP contribution in [0.2, 0.25) is 0 Å². The highest BCUT2D eigenvalue weighted by molar-refractivity contribution is 7.92. The van der Waals surface area contributed by atoms with Crippen molar-refractivity contribution < 1.29 is 18.3 Å². The zero-order valence-corrected chi connectivity index (χ0v) is 11.9. The number of nitrogens with two attached hydrogens (primary N) is 1. The second kappa shape index (κ2) is 5.41. The van der Waals surface area contributed by atoms with Gasteiger partial charge in [0.2, 0.25) is 0 Å². The number of carboxylic acids is 1. The molecule has 0 aliphatic carbocycles. The molecule has 1 aromatic carbocycles. The lowest BCUT2D eigenvalue weighted by molar-refractivity contribution is 0.0697. The quantitative estimate of drug-likeness (QED) is 0.820. The molecule has 1 aromatic heterocycles. The van der Waals surface area contributed by atoms with E-state index >= 15 is 0 Å². The molecular weight excluding hydrogens is 294 g/mol. The van der Waals surface area contributed by atoms with Gasteiger partial charge in [-0.15, -0.1) is 0 Å². The first-order valence-corrected chi connectivity index (χ1v) is 7.30. The summed E-state index contributed by atoms with van der Waals surface area (Å²) in [5, 5.41) is 8.88. The lowest BCUT2D eigenvalue weighted by Gasteiger charge is -2.21. The molecule has 2 aromatic rings. The van der Waals surface area contributed by atoms with Gasteiger partial charge in [-0.25, -0.2) is 13.2 Å². The number of carboxylic acid groups (broad SMARTS) is 1. The van der Waals surface area contributed by atoms with Crippen molar-refractivity contribution in [3.63, 3.8) is 0 Å². The average Bonchev–Trinajstić information content (AvgIpc) is 2.47. The molecule has 8 heteroatoms. The molecule has 21 heavy (non-hydrogen) atoms. The van der Waals surface area contributed by atoms with Gasteiger partial charge in [-0.05, 0) is 30.3 Å². The number of aromatic nitrogens is 1. The van der Waals surface area contributed by atoms with Crippen molar-refractivity contribution in [3.05, 3.63) is 48.3 Å². The van der Waals surface area contributed by atoms with E-state index in [4.69, 9.17) is 10.8 Å². The van der Waals surface area contributed by atoms with Crippen molar-refractivity contribution in [1.82, 2.24) is 4.98 Å². The van der Waals surface area contributed by atoms with Gasteiger partial charge in [0.1, 0.15) is 4.90 Å². The molecule has 0 bridgehead atoms. The van der Waals surface area contributed by atoms with Gasteiger partial charge in [0.05, 0.1) is 16.9 Å². The molecule has 2 rings (SSSR count). The maximum atomic E-state index is 12.4. The van der Waals surface area contributed by atoms with Crippen LogP contribution in [0.1, 0.15) is 10.4 Å². The number of nitrogens with zero attached hydrogens (tertiary/aromatic N) is 2. The zero-order chi connectivity index (χ0) is 15.6. The van der Waals surface area contributed by atoms with Gasteiger partial charge in [-0.1, -0.05) is 0 Å². The Labute approximate surface area is 121 Å². The van der Waals surface area contributed by atoms with Crippen LogP contribution in [0.4, 0.5) is 11.4 Å². The molecule has 0 fully saturated rings. The summed E-state index contributed by atoms with van der Waals surface area (Å²) in [5.41, 5.74) is 6.00. The molecule has 0 spiro atoms. The topological polar surface area (TPSA) is 114 Å². The standard InChI is InChI=1S/C13H13N3O4S/c1-16(21(19,20)10-3-2-6-15-8-10)12-5-4-9(13(17)18)7-11(12)14/h2-8H,14H2,1H3,(H,17,18). The van der Waals surface area contributed by atoms with Crippen LogP contribution >= 0.6 is 0 Å². The molecule has 7 nitrogen and oxygen atoms in total. The number of pyridine rings is 1. The Kier molecular flexibility index (Phi) is 3.81. The molecule has 0 saturated carbocycles. The minimum absolute atomic E-state index is 0.0107. The highest BCUT2D eigenvalue weighted by atomic mass is 32.2. The first-order chi connectivity index (χ1) is 9.84. The van der Waals surface area contributed by atoms with E-state index in [9.17, 15) is 13.2 Å². The highest BCUT2D eigenvalue weighted by Gasteiger charge is 2.23. The molecule has 0 radical (unpaired) electrons. The van der Waals surface area contributed by atoms with Crippen LogP contribution in [0.15, 0.2) is 47.6 Å². The predicted molar refractivity (Wildman–Crippen MR) is 77.6 cm³/mol. The van der Waals surface area contributed by atoms with Crippen molar-refractivity contribution in [3.8, 4) is 0 Å². The molecular formula is C13H13N3O4S. The number of benzene rings is 1. The third-order valence-corrected chi connectivity index (χ3v) is 4.66. The lowest BCUT2D eigenvalue weighted by Crippen LogP contribution is -2.27. The summed E-state index contributed by atoms with van der Waals surface area (Å²) in [4.78, 5) is 14.7. The fraction of sp³-hybridized carbons (Fsp3) is 0.0769. The van der Waals surface area contributed by atoms with Crippen LogP contribution in [0, 0.1) is 0 Å². The van der Waals surface area contributed by atoms with Crippen molar-refractivity contribution in [2.75, 3.05) is 17.1 Å². The Bertz CT molecular complexity index is 775. The van der Waals surface area contributed by atoms with Crippen LogP contribution < -0.4 is 10.0 Å². The summed E-state index contributed by atoms with van der Waals surface area (Å²) < 4.78 is 25.8. The third kappa shape index (κ3) is 2.79. The Balaban J connectivity index is 2.45. The number of sulfonamides is 1. The summed E-state index contributed by atoms with van der Waals surface area (Å²) in [6, 6.07) is 6.79. The molecule has 0 aliphatic rings. The summed E-state index contributed by atoms with van der Waals surface area (Å²) in [6.07, 6.45) is 2.70. The number of rotatable bonds is 4. The first-order valence-electron chi connectivity index (χ1n) is 5.86. The second-order valence-electron chi connectivity index (χ2n) is 4.24. The number of anilines is 2. The van der Waals surface area contributed by atoms with E-state index in [0.29, 0.717) is 0 Å². The van der Waals surface area contributed by atoms with E-state index in [2.05, 4.69) is 4.98 Å². The Morgan fingerprint density at radius 1 is 1.33 bits per heavy atom. The number of carbonyl (C=O) groups is 1. The molecule has 0 atom stereocenters. The molecule has 0 amide bonds. The van der Waals surface area contributed by atoms with Gasteiger partial charge >= 0.3 is 5.97 Å². The summed E-state index contributed by atoms with van der Waals surface area (Å²) in [7, 11) is -2.46. The van der Waals surface area contributed by atoms with E-state index in [1.165, 1.54) is 49.8 Å². The smallest absolute Gasteiger partial charge is 0.335 e. The normalized spacial score (nSPS) is 11.1. The van der Waals surface area contributed by atoms with Crippen molar-refractivity contribution in [1.29, 1.82) is 0 Å². The van der Waals surface area contributed by atoms with E-state index in [0.717, 1.165) is 4.31 Å². The Morgan fingerprint density at radius 3 is 2.57 bits per heavy atom. The van der Waals surface area contributed by atoms with Crippen molar-refractivity contribution in [2.45, 2.75) is 4.90 Å². The maximum absolute atomic E-state index is 12.4. The molecule has 0 aliphatic heterocycles. The van der Waals surface area contributed by atoms with Crippen molar-refractivity contribution in [2.24, 2.45) is 0 Å². The van der Waals surface area contributed by atoms with Crippen LogP contribution in [0.25, 0.3) is 0 Å². The van der Waals surface area contributed by atoms with Gasteiger partial charge in [0.15, 0.2) is 0 Å². The van der Waals surface area contributed by atoms with Gasteiger partial charge in [0, 0.05) is 19.4 Å². The highest BCUT2D eigenvalue weighted by Crippen LogP contribution is 2.28. The lowest BCUT2D eigenvalue weighted by atomic mass is 10.2. The van der Waals surface area contributed by atoms with Gasteiger partial charge in [0.25, 0.3) is 10.0 Å².